The molecule has 15 heavy (non-hydrogen) atoms. The third-order valence-corrected chi connectivity index (χ3v) is 2.86. The van der Waals surface area contributed by atoms with Crippen LogP contribution in [0.15, 0.2) is 22.7 Å². The van der Waals surface area contributed by atoms with Crippen LogP contribution in [0.3, 0.4) is 0 Å². The summed E-state index contributed by atoms with van der Waals surface area (Å²) in [6, 6.07) is 4.07. The second-order valence-corrected chi connectivity index (χ2v) is 5.35. The first kappa shape index (κ1) is 12.3. The second kappa shape index (κ2) is 4.40. The highest BCUT2D eigenvalue weighted by atomic mass is 79.9. The van der Waals surface area contributed by atoms with Crippen LogP contribution in [0.25, 0.3) is 0 Å². The zero-order chi connectivity index (χ0) is 11.6. The fourth-order valence-electron chi connectivity index (χ4n) is 1.06. The van der Waals surface area contributed by atoms with Crippen molar-refractivity contribution < 1.29 is 24.5 Å². The number of halogens is 1. The van der Waals surface area contributed by atoms with Crippen molar-refractivity contribution in [3.05, 3.63) is 33.1 Å². The minimum Gasteiger partial charge on any atom is -0.778 e. The smallest absolute Gasteiger partial charge is 0.321 e. The largest absolute Gasteiger partial charge is 0.778 e. The van der Waals surface area contributed by atoms with Gasteiger partial charge in [-0.2, -0.15) is 0 Å². The van der Waals surface area contributed by atoms with Crippen molar-refractivity contribution in [1.29, 1.82) is 0 Å². The Morgan fingerprint density at radius 2 is 2.13 bits per heavy atom. The molecule has 0 aliphatic heterocycles. The molecule has 82 valence electrons. The topological polar surface area (TPSA) is 101 Å². The van der Waals surface area contributed by atoms with Gasteiger partial charge in [0, 0.05) is 22.3 Å². The SMILES string of the molecule is O=[N+](O)c1cc(Br)ccc1CP(=O)([O-])O. The summed E-state index contributed by atoms with van der Waals surface area (Å²) >= 11 is 3.06. The van der Waals surface area contributed by atoms with Crippen LogP contribution in [0, 0.1) is 4.91 Å². The van der Waals surface area contributed by atoms with Crippen molar-refractivity contribution >= 4 is 29.2 Å². The molecule has 1 rings (SSSR count). The molecule has 0 aliphatic rings. The van der Waals surface area contributed by atoms with Gasteiger partial charge in [-0.05, 0) is 6.07 Å². The molecule has 0 spiro atoms. The number of rotatable bonds is 3. The average Bonchev–Trinajstić information content (AvgIpc) is 2.05. The van der Waals surface area contributed by atoms with E-state index in [1.165, 1.54) is 18.2 Å². The van der Waals surface area contributed by atoms with Crippen LogP contribution in [-0.2, 0) is 10.7 Å². The van der Waals surface area contributed by atoms with Crippen molar-refractivity contribution in [3.8, 4) is 0 Å². The Bertz CT molecular complexity index is 443. The summed E-state index contributed by atoms with van der Waals surface area (Å²) in [5, 5.41) is 8.71. The van der Waals surface area contributed by atoms with Gasteiger partial charge in [-0.25, -0.2) is 5.21 Å². The predicted molar refractivity (Wildman–Crippen MR) is 52.7 cm³/mol. The van der Waals surface area contributed by atoms with Gasteiger partial charge >= 0.3 is 5.69 Å². The van der Waals surface area contributed by atoms with E-state index >= 15 is 0 Å². The van der Waals surface area contributed by atoms with E-state index in [9.17, 15) is 14.4 Å². The van der Waals surface area contributed by atoms with Crippen molar-refractivity contribution in [2.45, 2.75) is 6.16 Å². The molecule has 0 fully saturated rings. The molecular weight excluding hydrogens is 289 g/mol. The highest BCUT2D eigenvalue weighted by Gasteiger charge is 2.21. The van der Waals surface area contributed by atoms with Crippen LogP contribution >= 0.6 is 23.5 Å². The van der Waals surface area contributed by atoms with Crippen LogP contribution in [0.1, 0.15) is 5.56 Å². The Balaban J connectivity index is 3.18. The van der Waals surface area contributed by atoms with E-state index in [0.29, 0.717) is 4.47 Å². The first-order chi connectivity index (χ1) is 6.79. The molecule has 0 aliphatic carbocycles. The van der Waals surface area contributed by atoms with Crippen LogP contribution in [0.4, 0.5) is 5.69 Å². The molecule has 0 amide bonds. The van der Waals surface area contributed by atoms with Crippen LogP contribution in [-0.4, -0.2) is 15.0 Å². The summed E-state index contributed by atoms with van der Waals surface area (Å²) in [4.78, 5) is 29.5. The molecule has 0 saturated carbocycles. The van der Waals surface area contributed by atoms with Gasteiger partial charge in [-0.15, -0.1) is 0 Å². The van der Waals surface area contributed by atoms with Gasteiger partial charge in [0.1, 0.15) is 7.60 Å². The zero-order valence-corrected chi connectivity index (χ0v) is 9.81. The van der Waals surface area contributed by atoms with Gasteiger partial charge in [0.05, 0.1) is 4.91 Å². The molecule has 1 unspecified atom stereocenters. The minimum atomic E-state index is -4.51. The molecule has 1 aromatic carbocycles. The number of hydrogen-bond donors (Lipinski definition) is 2. The fourth-order valence-corrected chi connectivity index (χ4v) is 2.11. The zero-order valence-electron chi connectivity index (χ0n) is 7.33. The lowest BCUT2D eigenvalue weighted by molar-refractivity contribution is -0.730. The Hall–Kier alpha value is -0.750. The molecule has 6 nitrogen and oxygen atoms in total. The number of hydrogen-bond acceptors (Lipinski definition) is 3. The van der Waals surface area contributed by atoms with Gasteiger partial charge in [0.25, 0.3) is 4.92 Å². The molecule has 2 N–H and O–H groups in total. The molecule has 8 heteroatoms. The summed E-state index contributed by atoms with van der Waals surface area (Å²) in [6.07, 6.45) is -0.699. The number of nitrogens with zero attached hydrogens (tertiary/aromatic N) is 1. The van der Waals surface area contributed by atoms with E-state index in [0.717, 1.165) is 0 Å². The summed E-state index contributed by atoms with van der Waals surface area (Å²) in [6.45, 7) is 0. The van der Waals surface area contributed by atoms with Gasteiger partial charge < -0.3 is 14.4 Å². The molecule has 0 radical (unpaired) electrons. The van der Waals surface area contributed by atoms with Crippen molar-refractivity contribution in [1.82, 2.24) is 0 Å². The Morgan fingerprint density at radius 3 is 2.60 bits per heavy atom. The molecule has 1 aromatic rings. The highest BCUT2D eigenvalue weighted by Crippen LogP contribution is 2.38. The Labute approximate surface area is 93.4 Å². The van der Waals surface area contributed by atoms with E-state index in [1.54, 1.807) is 0 Å². The Kier molecular flexibility index (Phi) is 3.62. The summed E-state index contributed by atoms with van der Waals surface area (Å²) < 4.78 is 11.1. The summed E-state index contributed by atoms with van der Waals surface area (Å²) in [7, 11) is -4.51. The molecule has 0 bridgehead atoms. The summed E-state index contributed by atoms with van der Waals surface area (Å²) in [5.74, 6) is 0. The first-order valence-corrected chi connectivity index (χ1v) is 6.32. The quantitative estimate of drug-likeness (QED) is 0.646. The molecule has 1 atom stereocenters. The standard InChI is InChI=1S/C7H7BrNO5P/c8-6-2-1-5(4-15(12,13)14)7(3-6)9(10)11/h1-3H,4H2,(H2-,10,11,12,13,14). The molecule has 0 saturated heterocycles. The van der Waals surface area contributed by atoms with Gasteiger partial charge in [0.2, 0.25) is 0 Å². The molecular formula is C7H7BrNO5P. The third-order valence-electron chi connectivity index (χ3n) is 1.62. The van der Waals surface area contributed by atoms with Crippen molar-refractivity contribution in [2.75, 3.05) is 0 Å². The fraction of sp³-hybridized carbons (Fsp3) is 0.143. The van der Waals surface area contributed by atoms with E-state index in [1.807, 2.05) is 0 Å². The van der Waals surface area contributed by atoms with Crippen LogP contribution in [0.2, 0.25) is 0 Å². The monoisotopic (exact) mass is 295 g/mol. The van der Waals surface area contributed by atoms with Gasteiger partial charge in [-0.3, -0.25) is 0 Å². The predicted octanol–water partition coefficient (Wildman–Crippen LogP) is 1.29. The highest BCUT2D eigenvalue weighted by molar-refractivity contribution is 9.10. The van der Waals surface area contributed by atoms with E-state index in [-0.39, 0.29) is 11.3 Å². The lowest BCUT2D eigenvalue weighted by Gasteiger charge is -2.14. The summed E-state index contributed by atoms with van der Waals surface area (Å²) in [5.41, 5.74) is -0.203. The number of benzene rings is 1. The second-order valence-electron chi connectivity index (χ2n) is 2.84. The van der Waals surface area contributed by atoms with E-state index < -0.39 is 18.7 Å². The first-order valence-electron chi connectivity index (χ1n) is 3.77. The maximum absolute atomic E-state index is 10.7. The van der Waals surface area contributed by atoms with Crippen LogP contribution in [0.5, 0.6) is 0 Å². The van der Waals surface area contributed by atoms with E-state index in [2.05, 4.69) is 15.9 Å². The lowest BCUT2D eigenvalue weighted by atomic mass is 10.2. The lowest BCUT2D eigenvalue weighted by Crippen LogP contribution is -2.04. The van der Waals surface area contributed by atoms with Gasteiger partial charge in [-0.1, -0.05) is 22.0 Å². The van der Waals surface area contributed by atoms with Crippen LogP contribution < -0.4 is 4.89 Å². The van der Waals surface area contributed by atoms with Crippen molar-refractivity contribution in [3.63, 3.8) is 0 Å². The molecule has 0 heterocycles. The van der Waals surface area contributed by atoms with Gasteiger partial charge in [0.15, 0.2) is 0 Å². The minimum absolute atomic E-state index is 0.0246. The average molecular weight is 296 g/mol. The maximum Gasteiger partial charge on any atom is 0.321 e. The normalized spacial score (nSPS) is 14.6. The van der Waals surface area contributed by atoms with Crippen molar-refractivity contribution in [2.24, 2.45) is 0 Å². The third kappa shape index (κ3) is 3.71. The maximum atomic E-state index is 10.7. The van der Waals surface area contributed by atoms with E-state index in [4.69, 9.17) is 10.1 Å². The molecule has 0 aromatic heterocycles. The Morgan fingerprint density at radius 1 is 1.53 bits per heavy atom.